The second kappa shape index (κ2) is 8.26. The zero-order chi connectivity index (χ0) is 15.8. The van der Waals surface area contributed by atoms with Crippen molar-refractivity contribution in [2.75, 3.05) is 32.6 Å². The lowest BCUT2D eigenvalue weighted by atomic mass is 10.3. The molecule has 0 aromatic heterocycles. The first-order valence-electron chi connectivity index (χ1n) is 6.82. The van der Waals surface area contributed by atoms with Crippen molar-refractivity contribution in [3.63, 3.8) is 0 Å². The topological polar surface area (TPSA) is 70.7 Å². The molecular weight excluding hydrogens is 270 g/mol. The fourth-order valence-corrected chi connectivity index (χ4v) is 1.79. The third kappa shape index (κ3) is 6.76. The Bertz CT molecular complexity index is 472. The Balaban J connectivity index is 2.39. The molecular formula is C15H23N3O3. The van der Waals surface area contributed by atoms with Crippen LogP contribution in [0.1, 0.15) is 13.8 Å². The van der Waals surface area contributed by atoms with E-state index in [9.17, 15) is 9.59 Å². The highest BCUT2D eigenvalue weighted by molar-refractivity contribution is 5.92. The molecule has 2 N–H and O–H groups in total. The van der Waals surface area contributed by atoms with Crippen LogP contribution in [0.5, 0.6) is 5.75 Å². The fraction of sp³-hybridized carbons (Fsp3) is 0.467. The van der Waals surface area contributed by atoms with Gasteiger partial charge in [-0.3, -0.25) is 14.5 Å². The lowest BCUT2D eigenvalue weighted by molar-refractivity contribution is -0.123. The highest BCUT2D eigenvalue weighted by atomic mass is 16.5. The molecule has 0 heterocycles. The highest BCUT2D eigenvalue weighted by Crippen LogP contribution is 2.14. The van der Waals surface area contributed by atoms with Gasteiger partial charge in [0.05, 0.1) is 20.2 Å². The minimum absolute atomic E-state index is 0.0928. The minimum atomic E-state index is -0.167. The Labute approximate surface area is 125 Å². The van der Waals surface area contributed by atoms with E-state index in [0.717, 1.165) is 5.75 Å². The molecule has 0 spiro atoms. The Morgan fingerprint density at radius 3 is 2.24 bits per heavy atom. The summed E-state index contributed by atoms with van der Waals surface area (Å²) in [6, 6.07) is 7.17. The fourth-order valence-electron chi connectivity index (χ4n) is 1.79. The van der Waals surface area contributed by atoms with Gasteiger partial charge in [-0.1, -0.05) is 0 Å². The Hall–Kier alpha value is -2.08. The largest absolute Gasteiger partial charge is 0.497 e. The van der Waals surface area contributed by atoms with E-state index >= 15 is 0 Å². The quantitative estimate of drug-likeness (QED) is 0.789. The van der Waals surface area contributed by atoms with Gasteiger partial charge < -0.3 is 15.4 Å². The zero-order valence-corrected chi connectivity index (χ0v) is 13.0. The van der Waals surface area contributed by atoms with Crippen LogP contribution in [0.15, 0.2) is 24.3 Å². The number of benzene rings is 1. The van der Waals surface area contributed by atoms with Gasteiger partial charge in [-0.05, 0) is 45.2 Å². The molecule has 0 aliphatic heterocycles. The number of rotatable bonds is 7. The Kier molecular flexibility index (Phi) is 6.68. The van der Waals surface area contributed by atoms with Crippen LogP contribution < -0.4 is 15.4 Å². The monoisotopic (exact) mass is 293 g/mol. The summed E-state index contributed by atoms with van der Waals surface area (Å²) in [4.78, 5) is 25.1. The first-order chi connectivity index (χ1) is 9.90. The molecule has 0 unspecified atom stereocenters. The van der Waals surface area contributed by atoms with Crippen molar-refractivity contribution >= 4 is 17.5 Å². The van der Waals surface area contributed by atoms with Gasteiger partial charge in [0.1, 0.15) is 5.75 Å². The average molecular weight is 293 g/mol. The van der Waals surface area contributed by atoms with Gasteiger partial charge in [0.25, 0.3) is 0 Å². The van der Waals surface area contributed by atoms with E-state index in [1.807, 2.05) is 13.8 Å². The third-order valence-electron chi connectivity index (χ3n) is 2.65. The Morgan fingerprint density at radius 1 is 1.14 bits per heavy atom. The average Bonchev–Trinajstić information content (AvgIpc) is 2.37. The number of hydrogen-bond acceptors (Lipinski definition) is 4. The van der Waals surface area contributed by atoms with E-state index in [-0.39, 0.29) is 30.9 Å². The summed E-state index contributed by atoms with van der Waals surface area (Å²) in [5.74, 6) is 0.472. The van der Waals surface area contributed by atoms with Gasteiger partial charge in [-0.25, -0.2) is 0 Å². The number of nitrogens with zero attached hydrogens (tertiary/aromatic N) is 1. The van der Waals surface area contributed by atoms with E-state index in [2.05, 4.69) is 10.6 Å². The van der Waals surface area contributed by atoms with Crippen LogP contribution in [0.2, 0.25) is 0 Å². The SMILES string of the molecule is COc1ccc(NC(=O)CN(C)CC(=O)NC(C)C)cc1. The molecule has 1 rings (SSSR count). The second-order valence-electron chi connectivity index (χ2n) is 5.17. The summed E-state index contributed by atoms with van der Waals surface area (Å²) in [7, 11) is 3.32. The maximum atomic E-state index is 11.9. The molecule has 1 aromatic carbocycles. The number of hydrogen-bond donors (Lipinski definition) is 2. The van der Waals surface area contributed by atoms with Gasteiger partial charge in [0.2, 0.25) is 11.8 Å². The number of likely N-dealkylation sites (N-methyl/N-ethyl adjacent to an activating group) is 1. The molecule has 0 saturated heterocycles. The number of anilines is 1. The van der Waals surface area contributed by atoms with E-state index in [0.29, 0.717) is 5.69 Å². The molecule has 2 amide bonds. The Morgan fingerprint density at radius 2 is 1.71 bits per heavy atom. The first-order valence-corrected chi connectivity index (χ1v) is 6.82. The van der Waals surface area contributed by atoms with Crippen LogP contribution in [0.25, 0.3) is 0 Å². The third-order valence-corrected chi connectivity index (χ3v) is 2.65. The standard InChI is InChI=1S/C15H23N3O3/c1-11(2)16-14(19)9-18(3)10-15(20)17-12-5-7-13(21-4)8-6-12/h5-8,11H,9-10H2,1-4H3,(H,16,19)(H,17,20). The normalized spacial score (nSPS) is 10.6. The van der Waals surface area contributed by atoms with Crippen molar-refractivity contribution in [1.82, 2.24) is 10.2 Å². The van der Waals surface area contributed by atoms with Crippen molar-refractivity contribution in [1.29, 1.82) is 0 Å². The predicted octanol–water partition coefficient (Wildman–Crippen LogP) is 1.09. The summed E-state index contributed by atoms with van der Waals surface area (Å²) in [5, 5.41) is 5.55. The summed E-state index contributed by atoms with van der Waals surface area (Å²) >= 11 is 0. The van der Waals surface area contributed by atoms with Gasteiger partial charge in [0.15, 0.2) is 0 Å². The van der Waals surface area contributed by atoms with Gasteiger partial charge in [0, 0.05) is 11.7 Å². The summed E-state index contributed by atoms with van der Waals surface area (Å²) < 4.78 is 5.05. The van der Waals surface area contributed by atoms with E-state index in [1.165, 1.54) is 0 Å². The maximum absolute atomic E-state index is 11.9. The number of methoxy groups -OCH3 is 1. The second-order valence-corrected chi connectivity index (χ2v) is 5.17. The smallest absolute Gasteiger partial charge is 0.238 e. The summed E-state index contributed by atoms with van der Waals surface area (Å²) in [6.45, 7) is 4.13. The molecule has 0 atom stereocenters. The first kappa shape index (κ1) is 17.0. The van der Waals surface area contributed by atoms with Crippen LogP contribution in [0.3, 0.4) is 0 Å². The number of nitrogens with one attached hydrogen (secondary N) is 2. The van der Waals surface area contributed by atoms with Gasteiger partial charge in [-0.2, -0.15) is 0 Å². The lowest BCUT2D eigenvalue weighted by Crippen LogP contribution is -2.41. The van der Waals surface area contributed by atoms with Crippen molar-refractivity contribution in [2.45, 2.75) is 19.9 Å². The number of ether oxygens (including phenoxy) is 1. The van der Waals surface area contributed by atoms with E-state index < -0.39 is 0 Å². The molecule has 1 aromatic rings. The van der Waals surface area contributed by atoms with Gasteiger partial charge >= 0.3 is 0 Å². The number of carbonyl (C=O) groups excluding carboxylic acids is 2. The van der Waals surface area contributed by atoms with Crippen LogP contribution >= 0.6 is 0 Å². The zero-order valence-electron chi connectivity index (χ0n) is 13.0. The van der Waals surface area contributed by atoms with Crippen LogP contribution in [0.4, 0.5) is 5.69 Å². The maximum Gasteiger partial charge on any atom is 0.238 e. The molecule has 0 aliphatic carbocycles. The predicted molar refractivity (Wildman–Crippen MR) is 82.4 cm³/mol. The van der Waals surface area contributed by atoms with Crippen molar-refractivity contribution < 1.29 is 14.3 Å². The molecule has 6 heteroatoms. The minimum Gasteiger partial charge on any atom is -0.497 e. The molecule has 116 valence electrons. The number of carbonyl (C=O) groups is 2. The molecule has 0 aliphatic rings. The van der Waals surface area contributed by atoms with Crippen LogP contribution in [0, 0.1) is 0 Å². The van der Waals surface area contributed by atoms with Crippen LogP contribution in [-0.2, 0) is 9.59 Å². The molecule has 0 saturated carbocycles. The molecule has 0 fully saturated rings. The molecule has 21 heavy (non-hydrogen) atoms. The lowest BCUT2D eigenvalue weighted by Gasteiger charge is -2.17. The van der Waals surface area contributed by atoms with E-state index in [4.69, 9.17) is 4.74 Å². The molecule has 0 bridgehead atoms. The van der Waals surface area contributed by atoms with E-state index in [1.54, 1.807) is 43.3 Å². The summed E-state index contributed by atoms with van der Waals surface area (Å²) in [5.41, 5.74) is 0.695. The van der Waals surface area contributed by atoms with Crippen LogP contribution in [-0.4, -0.2) is 50.0 Å². The molecule has 0 radical (unpaired) electrons. The van der Waals surface area contributed by atoms with Crippen molar-refractivity contribution in [2.24, 2.45) is 0 Å². The summed E-state index contributed by atoms with van der Waals surface area (Å²) in [6.07, 6.45) is 0. The highest BCUT2D eigenvalue weighted by Gasteiger charge is 2.11. The van der Waals surface area contributed by atoms with Crippen molar-refractivity contribution in [3.8, 4) is 5.75 Å². The number of amides is 2. The van der Waals surface area contributed by atoms with Crippen molar-refractivity contribution in [3.05, 3.63) is 24.3 Å². The van der Waals surface area contributed by atoms with Gasteiger partial charge in [-0.15, -0.1) is 0 Å². The molecule has 6 nitrogen and oxygen atoms in total.